The summed E-state index contributed by atoms with van der Waals surface area (Å²) >= 11 is -2.21. The normalized spacial score (nSPS) is 16.0. The molecule has 0 spiro atoms. The Labute approximate surface area is 187 Å². The standard InChI is InChI=1S/C21H24PSi.4CH3.ClH.Cr/c1-17-9-13-19(14-10-17)22(20-15-11-18(2)12-16-20)23(3,4)21-7-5-6-8-21;;;;;;/h5,7,9-16H,6H2,1-4H3;4*1H3;1H;. The van der Waals surface area contributed by atoms with Crippen LogP contribution in [-0.4, -0.2) is 7.74 Å². The van der Waals surface area contributed by atoms with Crippen molar-refractivity contribution in [3.8, 4) is 0 Å². The van der Waals surface area contributed by atoms with Gasteiger partial charge in [-0.25, -0.2) is 0 Å². The molecule has 3 rings (SSSR count). The summed E-state index contributed by atoms with van der Waals surface area (Å²) in [5.74, 6) is 10.2. The van der Waals surface area contributed by atoms with Crippen LogP contribution in [0.2, 0.25) is 36.2 Å². The van der Waals surface area contributed by atoms with Crippen molar-refractivity contribution in [2.75, 3.05) is 0 Å². The van der Waals surface area contributed by atoms with E-state index in [4.69, 9.17) is 0 Å². The maximum Gasteiger partial charge on any atom is -0.147 e. The quantitative estimate of drug-likeness (QED) is 0.298. The van der Waals surface area contributed by atoms with Crippen LogP contribution >= 0.6 is 19.9 Å². The monoisotopic (exact) mass is 483 g/mol. The Morgan fingerprint density at radius 3 is 1.55 bits per heavy atom. The third kappa shape index (κ3) is 5.36. The molecule has 0 unspecified atom stereocenters. The molecule has 29 heavy (non-hydrogen) atoms. The van der Waals surface area contributed by atoms with E-state index in [0.717, 1.165) is 0 Å². The first-order chi connectivity index (χ1) is 12.9. The fourth-order valence-electron chi connectivity index (χ4n) is 4.11. The number of aryl methyl sites for hydroxylation is 2. The van der Waals surface area contributed by atoms with E-state index in [1.807, 2.05) is 4.44 Å². The van der Waals surface area contributed by atoms with Crippen molar-refractivity contribution in [1.29, 1.82) is 0 Å². The van der Waals surface area contributed by atoms with E-state index >= 15 is 0 Å². The first-order valence-corrected chi connectivity index (χ1v) is 21.0. The Hall–Kier alpha value is -0.611. The molecule has 1 aliphatic rings. The summed E-state index contributed by atoms with van der Waals surface area (Å²) in [7, 11) is -2.11. The van der Waals surface area contributed by atoms with Crippen molar-refractivity contribution >= 4 is 38.2 Å². The Kier molecular flexibility index (Phi) is 7.22. The summed E-state index contributed by atoms with van der Waals surface area (Å²) in [6.07, 6.45) is 6.13. The van der Waals surface area contributed by atoms with E-state index in [1.165, 1.54) is 28.2 Å². The third-order valence-electron chi connectivity index (χ3n) is 5.68. The third-order valence-corrected chi connectivity index (χ3v) is 19.8. The van der Waals surface area contributed by atoms with Crippen LogP contribution in [0.5, 0.6) is 0 Å². The molecule has 0 amide bonds. The molecule has 0 saturated carbocycles. The van der Waals surface area contributed by atoms with Gasteiger partial charge in [0.05, 0.1) is 0 Å². The van der Waals surface area contributed by atoms with Crippen LogP contribution in [0.15, 0.2) is 70.3 Å². The van der Waals surface area contributed by atoms with Crippen LogP contribution in [-0.2, 0) is 12.0 Å². The zero-order chi connectivity index (χ0) is 20.8. The van der Waals surface area contributed by atoms with Gasteiger partial charge in [0.15, 0.2) is 0 Å². The van der Waals surface area contributed by atoms with Crippen LogP contribution < -0.4 is 10.6 Å². The van der Waals surface area contributed by atoms with Gasteiger partial charge < -0.3 is 0 Å². The molecule has 0 aliphatic heterocycles. The number of allylic oxidation sites excluding steroid dienone is 4. The predicted molar refractivity (Wildman–Crippen MR) is 138 cm³/mol. The first-order valence-electron chi connectivity index (χ1n) is 10.0. The van der Waals surface area contributed by atoms with Gasteiger partial charge in [0, 0.05) is 0 Å². The van der Waals surface area contributed by atoms with Crippen molar-refractivity contribution in [2.24, 2.45) is 0 Å². The first kappa shape index (κ1) is 24.7. The summed E-state index contributed by atoms with van der Waals surface area (Å²) in [4.78, 5) is 0. The van der Waals surface area contributed by atoms with Gasteiger partial charge in [0.1, 0.15) is 0 Å². The van der Waals surface area contributed by atoms with Crippen LogP contribution in [0.1, 0.15) is 17.5 Å². The minimum Gasteiger partial charge on any atom is -0.147 e. The van der Waals surface area contributed by atoms with Gasteiger partial charge in [-0.15, -0.1) is 12.4 Å². The molecule has 1 aliphatic carbocycles. The van der Waals surface area contributed by atoms with Crippen molar-refractivity contribution in [3.05, 3.63) is 81.4 Å². The molecule has 0 fully saturated rings. The summed E-state index contributed by atoms with van der Waals surface area (Å²) in [6.45, 7) is 9.62. The fraction of sp³-hybridized carbons (Fsp3) is 0.360. The van der Waals surface area contributed by atoms with Gasteiger partial charge >= 0.3 is 176 Å². The maximum atomic E-state index is 2.62. The summed E-state index contributed by atoms with van der Waals surface area (Å²) in [5, 5.41) is 4.82. The molecule has 0 saturated heterocycles. The van der Waals surface area contributed by atoms with E-state index in [2.05, 4.69) is 111 Å². The fourth-order valence-corrected chi connectivity index (χ4v) is 20.2. The van der Waals surface area contributed by atoms with Gasteiger partial charge in [-0.2, -0.15) is 0 Å². The molecule has 0 nitrogen and oxygen atoms in total. The second-order valence-corrected chi connectivity index (χ2v) is 31.3. The zero-order valence-corrected chi connectivity index (χ0v) is 23.2. The molecule has 0 atom stereocenters. The zero-order valence-electron chi connectivity index (χ0n) is 19.2. The number of hydrogen-bond donors (Lipinski definition) is 0. The van der Waals surface area contributed by atoms with E-state index < -0.39 is 19.7 Å². The molecular formula is C25H37ClCrPSi. The average molecular weight is 484 g/mol. The Bertz CT molecular complexity index is 877. The van der Waals surface area contributed by atoms with Gasteiger partial charge in [-0.05, 0) is 0 Å². The van der Waals surface area contributed by atoms with Crippen LogP contribution in [0, 0.1) is 13.8 Å². The predicted octanol–water partition coefficient (Wildman–Crippen LogP) is 8.00. The molecule has 4 heteroatoms. The summed E-state index contributed by atoms with van der Waals surface area (Å²) in [5.41, 5.74) is 2.69. The second-order valence-electron chi connectivity index (χ2n) is 10.3. The van der Waals surface area contributed by atoms with Crippen molar-refractivity contribution in [3.63, 3.8) is 0 Å². The molecule has 0 bridgehead atoms. The smallest absolute Gasteiger partial charge is 0.147 e. The van der Waals surface area contributed by atoms with Crippen LogP contribution in [0.4, 0.5) is 0 Å². The largest absolute Gasteiger partial charge is 0.147 e. The topological polar surface area (TPSA) is 0 Å². The van der Waals surface area contributed by atoms with Gasteiger partial charge in [-0.1, -0.05) is 0 Å². The van der Waals surface area contributed by atoms with Crippen molar-refractivity contribution in [2.45, 2.75) is 56.5 Å². The molecule has 0 aromatic heterocycles. The van der Waals surface area contributed by atoms with E-state index in [-0.39, 0.29) is 19.9 Å². The Balaban J connectivity index is 0.00000300. The van der Waals surface area contributed by atoms with Gasteiger partial charge in [0.25, 0.3) is 0 Å². The molecule has 0 radical (unpaired) electrons. The number of rotatable bonds is 5. The number of hydrogen-bond acceptors (Lipinski definition) is 0. The van der Waals surface area contributed by atoms with E-state index in [9.17, 15) is 0 Å². The van der Waals surface area contributed by atoms with Crippen molar-refractivity contribution in [1.82, 2.24) is 0 Å². The Morgan fingerprint density at radius 1 is 0.759 bits per heavy atom. The summed E-state index contributed by atoms with van der Waals surface area (Å²) in [6, 6.07) is 18.8. The van der Waals surface area contributed by atoms with E-state index in [0.29, 0.717) is 0 Å². The minimum absolute atomic E-state index is 0. The second kappa shape index (κ2) is 8.49. The number of benzene rings is 2. The molecule has 0 heterocycles. The van der Waals surface area contributed by atoms with E-state index in [1.54, 1.807) is 5.20 Å². The van der Waals surface area contributed by atoms with Crippen LogP contribution in [0.3, 0.4) is 0 Å². The summed E-state index contributed by atoms with van der Waals surface area (Å²) < 4.78 is 1.81. The molecule has 0 N–H and O–H groups in total. The van der Waals surface area contributed by atoms with Crippen molar-refractivity contribution < 1.29 is 12.0 Å². The minimum atomic E-state index is -2.21. The SMILES string of the molecule is Cc1ccc(P(c2ccc(C)cc2)[Si](C)(C)C2=[C]([Cr]([CH3])([CH3])([CH3])[CH3])CC=C2)cc1.Cl. The molecule has 2 aromatic carbocycles. The maximum absolute atomic E-state index is 2.62. The molecular weight excluding hydrogens is 447 g/mol. The van der Waals surface area contributed by atoms with Gasteiger partial charge in [0.2, 0.25) is 0 Å². The molecule has 159 valence electrons. The molecule has 2 aromatic rings. The Morgan fingerprint density at radius 2 is 1.17 bits per heavy atom. The van der Waals surface area contributed by atoms with Crippen LogP contribution in [0.25, 0.3) is 0 Å². The average Bonchev–Trinajstić information content (AvgIpc) is 3.09. The van der Waals surface area contributed by atoms with Gasteiger partial charge in [-0.3, -0.25) is 0 Å². The number of halogens is 1.